The molecule has 0 nitrogen and oxygen atoms in total. The molecule has 1 heterocycles. The van der Waals surface area contributed by atoms with Crippen LogP contribution in [0.2, 0.25) is 0 Å². The second-order valence-electron chi connectivity index (χ2n) is 13.7. The number of fused-ring (bicyclic) bond motifs is 13. The first-order valence-corrected chi connectivity index (χ1v) is 18.4. The molecule has 8 aromatic carbocycles. The van der Waals surface area contributed by atoms with E-state index < -0.39 is 0 Å². The van der Waals surface area contributed by atoms with Crippen molar-refractivity contribution in [1.82, 2.24) is 0 Å². The standard InChI is InChI=1S/C48H32S/c1-2-12-32-29(11-1)21-26-43-38-25-23-31(28-45(38)49-48(32)43)47-41-19-9-7-17-39(41)46(40-18-8-10-20-42(40)47)30-22-24-37-35-15-4-3-13-33(35)34-14-5-6-16-36(34)44(37)27-30/h2-9,12-19,21-28H,1,10-11,20H2. The van der Waals surface area contributed by atoms with Crippen LogP contribution in [-0.2, 0) is 12.8 Å². The van der Waals surface area contributed by atoms with Crippen LogP contribution in [0, 0.1) is 0 Å². The highest BCUT2D eigenvalue weighted by atomic mass is 32.1. The van der Waals surface area contributed by atoms with Crippen LogP contribution >= 0.6 is 11.3 Å². The zero-order chi connectivity index (χ0) is 32.1. The van der Waals surface area contributed by atoms with Gasteiger partial charge < -0.3 is 0 Å². The molecule has 2 aliphatic rings. The summed E-state index contributed by atoms with van der Waals surface area (Å²) >= 11 is 1.97. The minimum Gasteiger partial charge on any atom is -0.135 e. The number of hydrogen-bond acceptors (Lipinski definition) is 1. The second-order valence-corrected chi connectivity index (χ2v) is 14.8. The largest absolute Gasteiger partial charge is 0.135 e. The normalized spacial score (nSPS) is 14.0. The minimum absolute atomic E-state index is 1.04. The van der Waals surface area contributed by atoms with Crippen molar-refractivity contribution in [3.05, 3.63) is 156 Å². The molecule has 0 saturated carbocycles. The SMILES string of the molecule is C1=Cc2c(ccc3c2sc2cc(-c4c5c(c(-c6ccc7c8ccccc8c8ccccc8c7c6)c6ccccc46)C=CCC5)ccc23)CC1. The Bertz CT molecular complexity index is 2900. The first-order chi connectivity index (χ1) is 24.3. The van der Waals surface area contributed by atoms with E-state index in [2.05, 4.69) is 146 Å². The van der Waals surface area contributed by atoms with Crippen LogP contribution in [-0.4, -0.2) is 0 Å². The molecule has 230 valence electrons. The van der Waals surface area contributed by atoms with Crippen LogP contribution in [0.25, 0.3) is 97.7 Å². The number of rotatable bonds is 2. The summed E-state index contributed by atoms with van der Waals surface area (Å²) < 4.78 is 2.81. The molecule has 9 aromatic rings. The average molecular weight is 641 g/mol. The topological polar surface area (TPSA) is 0 Å². The summed E-state index contributed by atoms with van der Waals surface area (Å²) in [5.74, 6) is 0. The lowest BCUT2D eigenvalue weighted by atomic mass is 9.79. The molecule has 1 aromatic heterocycles. The van der Waals surface area contributed by atoms with E-state index in [4.69, 9.17) is 0 Å². The van der Waals surface area contributed by atoms with Gasteiger partial charge in [0.15, 0.2) is 0 Å². The highest BCUT2D eigenvalue weighted by Gasteiger charge is 2.23. The van der Waals surface area contributed by atoms with Crippen LogP contribution < -0.4 is 0 Å². The first-order valence-electron chi connectivity index (χ1n) is 17.5. The molecule has 49 heavy (non-hydrogen) atoms. The Morgan fingerprint density at radius 2 is 0.959 bits per heavy atom. The summed E-state index contributed by atoms with van der Waals surface area (Å²) in [5, 5.41) is 13.3. The molecule has 0 spiro atoms. The van der Waals surface area contributed by atoms with Gasteiger partial charge in [0.1, 0.15) is 0 Å². The summed E-state index contributed by atoms with van der Waals surface area (Å²) in [4.78, 5) is 0. The Morgan fingerprint density at radius 3 is 1.69 bits per heavy atom. The fraction of sp³-hybridized carbons (Fsp3) is 0.0833. The van der Waals surface area contributed by atoms with Crippen LogP contribution in [0.4, 0.5) is 0 Å². The minimum atomic E-state index is 1.04. The van der Waals surface area contributed by atoms with Gasteiger partial charge in [-0.15, -0.1) is 11.3 Å². The van der Waals surface area contributed by atoms with Crippen molar-refractivity contribution >= 4 is 86.8 Å². The van der Waals surface area contributed by atoms with E-state index in [9.17, 15) is 0 Å². The third-order valence-electron chi connectivity index (χ3n) is 11.2. The summed E-state index contributed by atoms with van der Waals surface area (Å²) in [6.45, 7) is 0. The molecule has 11 rings (SSSR count). The number of benzene rings is 8. The number of thiophene rings is 1. The average Bonchev–Trinajstić information content (AvgIpc) is 3.55. The third-order valence-corrected chi connectivity index (χ3v) is 12.4. The van der Waals surface area contributed by atoms with Gasteiger partial charge in [-0.05, 0) is 125 Å². The van der Waals surface area contributed by atoms with Crippen LogP contribution in [0.5, 0.6) is 0 Å². The highest BCUT2D eigenvalue weighted by Crippen LogP contribution is 2.48. The van der Waals surface area contributed by atoms with Gasteiger partial charge >= 0.3 is 0 Å². The predicted molar refractivity (Wildman–Crippen MR) is 215 cm³/mol. The van der Waals surface area contributed by atoms with Crippen molar-refractivity contribution in [3.8, 4) is 22.3 Å². The van der Waals surface area contributed by atoms with Crippen LogP contribution in [0.15, 0.2) is 133 Å². The van der Waals surface area contributed by atoms with Crippen LogP contribution in [0.3, 0.4) is 0 Å². The number of hydrogen-bond donors (Lipinski definition) is 0. The summed E-state index contributed by atoms with van der Waals surface area (Å²) in [5.41, 5.74) is 11.1. The summed E-state index contributed by atoms with van der Waals surface area (Å²) in [6.07, 6.45) is 13.9. The molecule has 0 radical (unpaired) electrons. The molecule has 0 fully saturated rings. The first kappa shape index (κ1) is 27.5. The van der Waals surface area contributed by atoms with Gasteiger partial charge in [0.2, 0.25) is 0 Å². The number of aryl methyl sites for hydroxylation is 1. The maximum absolute atomic E-state index is 2.48. The maximum Gasteiger partial charge on any atom is 0.0430 e. The predicted octanol–water partition coefficient (Wildman–Crippen LogP) is 13.9. The van der Waals surface area contributed by atoms with Gasteiger partial charge in [0.05, 0.1) is 0 Å². The zero-order valence-corrected chi connectivity index (χ0v) is 27.9. The molecule has 2 aliphatic carbocycles. The highest BCUT2D eigenvalue weighted by molar-refractivity contribution is 7.26. The molecule has 0 amide bonds. The fourth-order valence-corrected chi connectivity index (χ4v) is 10.3. The monoisotopic (exact) mass is 640 g/mol. The fourth-order valence-electron chi connectivity index (χ4n) is 8.99. The lowest BCUT2D eigenvalue weighted by Gasteiger charge is -2.24. The van der Waals surface area contributed by atoms with Crippen molar-refractivity contribution in [3.63, 3.8) is 0 Å². The van der Waals surface area contributed by atoms with Crippen molar-refractivity contribution in [2.24, 2.45) is 0 Å². The Hall–Kier alpha value is -5.50. The van der Waals surface area contributed by atoms with Crippen molar-refractivity contribution in [2.75, 3.05) is 0 Å². The smallest absolute Gasteiger partial charge is 0.0430 e. The molecular formula is C48H32S. The van der Waals surface area contributed by atoms with E-state index in [-0.39, 0.29) is 0 Å². The van der Waals surface area contributed by atoms with Gasteiger partial charge in [-0.3, -0.25) is 0 Å². The number of allylic oxidation sites excluding steroid dienone is 2. The van der Waals surface area contributed by atoms with E-state index in [0.717, 1.165) is 25.7 Å². The van der Waals surface area contributed by atoms with E-state index >= 15 is 0 Å². The van der Waals surface area contributed by atoms with Gasteiger partial charge in [-0.1, -0.05) is 133 Å². The lowest BCUT2D eigenvalue weighted by molar-refractivity contribution is 0.990. The Kier molecular flexibility index (Phi) is 5.88. The molecule has 0 unspecified atom stereocenters. The van der Waals surface area contributed by atoms with Gasteiger partial charge in [0, 0.05) is 20.2 Å². The molecule has 0 atom stereocenters. The summed E-state index contributed by atoms with van der Waals surface area (Å²) in [6, 6.07) is 46.1. The van der Waals surface area contributed by atoms with Gasteiger partial charge in [-0.25, -0.2) is 0 Å². The van der Waals surface area contributed by atoms with Gasteiger partial charge in [-0.2, -0.15) is 0 Å². The Morgan fingerprint density at radius 1 is 0.408 bits per heavy atom. The van der Waals surface area contributed by atoms with Gasteiger partial charge in [0.25, 0.3) is 0 Å². The Balaban J connectivity index is 1.18. The summed E-state index contributed by atoms with van der Waals surface area (Å²) in [7, 11) is 0. The van der Waals surface area contributed by atoms with E-state index in [1.165, 1.54) is 108 Å². The lowest BCUT2D eigenvalue weighted by Crippen LogP contribution is -2.02. The molecule has 0 N–H and O–H groups in total. The van der Waals surface area contributed by atoms with E-state index in [1.54, 1.807) is 0 Å². The molecule has 0 bridgehead atoms. The second kappa shape index (κ2) is 10.5. The molecule has 0 aliphatic heterocycles. The van der Waals surface area contributed by atoms with Crippen molar-refractivity contribution in [2.45, 2.75) is 25.7 Å². The van der Waals surface area contributed by atoms with Crippen molar-refractivity contribution < 1.29 is 0 Å². The van der Waals surface area contributed by atoms with Crippen molar-refractivity contribution in [1.29, 1.82) is 0 Å². The molecule has 1 heteroatoms. The van der Waals surface area contributed by atoms with E-state index in [1.807, 2.05) is 11.3 Å². The molecule has 0 saturated heterocycles. The third kappa shape index (κ3) is 3.97. The zero-order valence-electron chi connectivity index (χ0n) is 27.1. The van der Waals surface area contributed by atoms with Crippen LogP contribution in [0.1, 0.15) is 35.1 Å². The quantitative estimate of drug-likeness (QED) is 0.165. The maximum atomic E-state index is 2.48. The Labute approximate surface area is 289 Å². The van der Waals surface area contributed by atoms with E-state index in [0.29, 0.717) is 0 Å². The molecular weight excluding hydrogens is 609 g/mol.